The molecule has 0 fully saturated rings. The van der Waals surface area contributed by atoms with Gasteiger partial charge in [0, 0.05) is 12.5 Å². The molecule has 0 bridgehead atoms. The molecule has 0 atom stereocenters. The van der Waals surface area contributed by atoms with Crippen LogP contribution in [0.15, 0.2) is 46.9 Å². The summed E-state index contributed by atoms with van der Waals surface area (Å²) >= 11 is 0. The standard InChI is InChI=1S/C14H11FO3/c15-11-3-1-10(2-4-11)9-13-6-5-12(18-13)7-8-14(16)17/h1-8H,9H2,(H,16,17). The van der Waals surface area contributed by atoms with Crippen LogP contribution >= 0.6 is 0 Å². The molecule has 0 aliphatic carbocycles. The monoisotopic (exact) mass is 246 g/mol. The fourth-order valence-electron chi connectivity index (χ4n) is 1.54. The van der Waals surface area contributed by atoms with Gasteiger partial charge in [-0.15, -0.1) is 0 Å². The van der Waals surface area contributed by atoms with Crippen molar-refractivity contribution in [3.8, 4) is 0 Å². The second kappa shape index (κ2) is 5.31. The first kappa shape index (κ1) is 12.1. The van der Waals surface area contributed by atoms with Crippen LogP contribution in [-0.2, 0) is 11.2 Å². The van der Waals surface area contributed by atoms with Crippen LogP contribution in [0.5, 0.6) is 0 Å². The van der Waals surface area contributed by atoms with Crippen molar-refractivity contribution in [1.29, 1.82) is 0 Å². The summed E-state index contributed by atoms with van der Waals surface area (Å²) in [5, 5.41) is 8.48. The lowest BCUT2D eigenvalue weighted by Gasteiger charge is -1.97. The Kier molecular flexibility index (Phi) is 3.57. The molecular weight excluding hydrogens is 235 g/mol. The van der Waals surface area contributed by atoms with E-state index in [9.17, 15) is 9.18 Å². The summed E-state index contributed by atoms with van der Waals surface area (Å²) in [6.45, 7) is 0. The molecule has 0 aliphatic rings. The lowest BCUT2D eigenvalue weighted by molar-refractivity contribution is -0.131. The quantitative estimate of drug-likeness (QED) is 0.843. The minimum Gasteiger partial charge on any atom is -0.478 e. The maximum atomic E-state index is 12.7. The first-order chi connectivity index (χ1) is 8.63. The number of halogens is 1. The van der Waals surface area contributed by atoms with Gasteiger partial charge in [-0.25, -0.2) is 9.18 Å². The molecule has 0 spiro atoms. The molecule has 2 rings (SSSR count). The zero-order valence-electron chi connectivity index (χ0n) is 9.47. The van der Waals surface area contributed by atoms with E-state index in [2.05, 4.69) is 0 Å². The molecule has 18 heavy (non-hydrogen) atoms. The molecule has 2 aromatic rings. The Morgan fingerprint density at radius 1 is 1.22 bits per heavy atom. The average Bonchev–Trinajstić information content (AvgIpc) is 2.77. The summed E-state index contributed by atoms with van der Waals surface area (Å²) in [6.07, 6.45) is 2.94. The molecule has 4 heteroatoms. The highest BCUT2D eigenvalue weighted by atomic mass is 19.1. The van der Waals surface area contributed by atoms with Crippen LogP contribution in [0.2, 0.25) is 0 Å². The van der Waals surface area contributed by atoms with Gasteiger partial charge in [-0.2, -0.15) is 0 Å². The molecule has 0 amide bonds. The van der Waals surface area contributed by atoms with E-state index in [1.165, 1.54) is 18.2 Å². The van der Waals surface area contributed by atoms with E-state index in [4.69, 9.17) is 9.52 Å². The Balaban J connectivity index is 2.06. The van der Waals surface area contributed by atoms with Gasteiger partial charge in [-0.05, 0) is 35.9 Å². The molecule has 3 nitrogen and oxygen atoms in total. The van der Waals surface area contributed by atoms with Crippen LogP contribution in [0.1, 0.15) is 17.1 Å². The highest BCUT2D eigenvalue weighted by molar-refractivity contribution is 5.84. The molecule has 1 heterocycles. The first-order valence-electron chi connectivity index (χ1n) is 5.37. The summed E-state index contributed by atoms with van der Waals surface area (Å²) in [7, 11) is 0. The number of carbonyl (C=O) groups is 1. The lowest BCUT2D eigenvalue weighted by Crippen LogP contribution is -1.86. The number of carboxylic acid groups (broad SMARTS) is 1. The second-order valence-corrected chi connectivity index (χ2v) is 3.78. The number of hydrogen-bond acceptors (Lipinski definition) is 2. The fourth-order valence-corrected chi connectivity index (χ4v) is 1.54. The second-order valence-electron chi connectivity index (χ2n) is 3.78. The highest BCUT2D eigenvalue weighted by Gasteiger charge is 2.02. The predicted octanol–water partition coefficient (Wildman–Crippen LogP) is 3.11. The molecule has 0 radical (unpaired) electrons. The first-order valence-corrected chi connectivity index (χ1v) is 5.37. The van der Waals surface area contributed by atoms with Gasteiger partial charge in [0.15, 0.2) is 0 Å². The lowest BCUT2D eigenvalue weighted by atomic mass is 10.1. The van der Waals surface area contributed by atoms with Crippen molar-refractivity contribution in [2.45, 2.75) is 6.42 Å². The maximum absolute atomic E-state index is 12.7. The molecule has 0 saturated heterocycles. The van der Waals surface area contributed by atoms with E-state index in [1.54, 1.807) is 24.3 Å². The Hall–Kier alpha value is -2.36. The number of rotatable bonds is 4. The smallest absolute Gasteiger partial charge is 0.328 e. The van der Waals surface area contributed by atoms with Crippen molar-refractivity contribution in [2.24, 2.45) is 0 Å². The maximum Gasteiger partial charge on any atom is 0.328 e. The normalized spacial score (nSPS) is 10.9. The topological polar surface area (TPSA) is 50.4 Å². The molecule has 0 saturated carbocycles. The predicted molar refractivity (Wildman–Crippen MR) is 64.6 cm³/mol. The van der Waals surface area contributed by atoms with E-state index >= 15 is 0 Å². The number of benzene rings is 1. The van der Waals surface area contributed by atoms with Crippen LogP contribution in [-0.4, -0.2) is 11.1 Å². The molecular formula is C14H11FO3. The summed E-state index contributed by atoms with van der Waals surface area (Å²) in [6, 6.07) is 9.62. The van der Waals surface area contributed by atoms with Crippen LogP contribution < -0.4 is 0 Å². The van der Waals surface area contributed by atoms with Crippen molar-refractivity contribution >= 4 is 12.0 Å². The average molecular weight is 246 g/mol. The zero-order chi connectivity index (χ0) is 13.0. The zero-order valence-corrected chi connectivity index (χ0v) is 9.47. The summed E-state index contributed by atoms with van der Waals surface area (Å²) in [5.74, 6) is -0.115. The number of furan rings is 1. The van der Waals surface area contributed by atoms with Gasteiger partial charge in [0.25, 0.3) is 0 Å². The number of hydrogen-bond donors (Lipinski definition) is 1. The molecule has 92 valence electrons. The Bertz CT molecular complexity index is 567. The molecule has 1 aromatic heterocycles. The van der Waals surface area contributed by atoms with Crippen molar-refractivity contribution in [2.75, 3.05) is 0 Å². The van der Waals surface area contributed by atoms with E-state index in [0.717, 1.165) is 11.6 Å². The third kappa shape index (κ3) is 3.31. The van der Waals surface area contributed by atoms with Crippen LogP contribution in [0.4, 0.5) is 4.39 Å². The highest BCUT2D eigenvalue weighted by Crippen LogP contribution is 2.14. The minimum absolute atomic E-state index is 0.275. The summed E-state index contributed by atoms with van der Waals surface area (Å²) in [5.41, 5.74) is 0.930. The van der Waals surface area contributed by atoms with Gasteiger partial charge in [0.05, 0.1) is 0 Å². The van der Waals surface area contributed by atoms with Crippen molar-refractivity contribution in [1.82, 2.24) is 0 Å². The third-order valence-corrected chi connectivity index (χ3v) is 2.36. The Morgan fingerprint density at radius 2 is 1.94 bits per heavy atom. The van der Waals surface area contributed by atoms with E-state index in [-0.39, 0.29) is 5.82 Å². The Morgan fingerprint density at radius 3 is 2.61 bits per heavy atom. The molecule has 0 unspecified atom stereocenters. The van der Waals surface area contributed by atoms with Gasteiger partial charge in [0.2, 0.25) is 0 Å². The van der Waals surface area contributed by atoms with E-state index in [0.29, 0.717) is 17.9 Å². The van der Waals surface area contributed by atoms with Gasteiger partial charge in [-0.3, -0.25) is 0 Å². The van der Waals surface area contributed by atoms with Crippen LogP contribution in [0, 0.1) is 5.82 Å². The van der Waals surface area contributed by atoms with Crippen molar-refractivity contribution in [3.05, 3.63) is 65.4 Å². The van der Waals surface area contributed by atoms with Gasteiger partial charge >= 0.3 is 5.97 Å². The van der Waals surface area contributed by atoms with Gasteiger partial charge < -0.3 is 9.52 Å². The SMILES string of the molecule is O=C(O)C=Cc1ccc(Cc2ccc(F)cc2)o1. The van der Waals surface area contributed by atoms with Crippen molar-refractivity contribution < 1.29 is 18.7 Å². The largest absolute Gasteiger partial charge is 0.478 e. The molecule has 1 aromatic carbocycles. The van der Waals surface area contributed by atoms with Gasteiger partial charge in [0.1, 0.15) is 17.3 Å². The summed E-state index contributed by atoms with van der Waals surface area (Å²) < 4.78 is 18.1. The summed E-state index contributed by atoms with van der Waals surface area (Å²) in [4.78, 5) is 10.3. The Labute approximate surface area is 103 Å². The van der Waals surface area contributed by atoms with Crippen LogP contribution in [0.25, 0.3) is 6.08 Å². The molecule has 0 aliphatic heterocycles. The third-order valence-electron chi connectivity index (χ3n) is 2.36. The minimum atomic E-state index is -1.02. The molecule has 1 N–H and O–H groups in total. The van der Waals surface area contributed by atoms with Gasteiger partial charge in [-0.1, -0.05) is 12.1 Å². The van der Waals surface area contributed by atoms with E-state index < -0.39 is 5.97 Å². The fraction of sp³-hybridized carbons (Fsp3) is 0.0714. The van der Waals surface area contributed by atoms with Crippen molar-refractivity contribution in [3.63, 3.8) is 0 Å². The van der Waals surface area contributed by atoms with Crippen LogP contribution in [0.3, 0.4) is 0 Å². The number of carboxylic acids is 1. The number of aliphatic carboxylic acids is 1. The van der Waals surface area contributed by atoms with E-state index in [1.807, 2.05) is 0 Å².